The highest BCUT2D eigenvalue weighted by atomic mass is 19.1. The van der Waals surface area contributed by atoms with Crippen LogP contribution in [-0.2, 0) is 0 Å². The molecule has 9 nitrogen and oxygen atoms in total. The summed E-state index contributed by atoms with van der Waals surface area (Å²) >= 11 is 0. The molecule has 0 saturated heterocycles. The first-order chi connectivity index (χ1) is 17.2. The summed E-state index contributed by atoms with van der Waals surface area (Å²) in [5, 5.41) is 2.49. The van der Waals surface area contributed by atoms with E-state index in [-0.39, 0.29) is 28.9 Å². The molecule has 0 saturated carbocycles. The highest BCUT2D eigenvalue weighted by Gasteiger charge is 2.19. The van der Waals surface area contributed by atoms with E-state index in [4.69, 9.17) is 14.2 Å². The van der Waals surface area contributed by atoms with E-state index < -0.39 is 17.3 Å². The molecule has 186 valence electrons. The van der Waals surface area contributed by atoms with Gasteiger partial charge in [-0.05, 0) is 44.5 Å². The van der Waals surface area contributed by atoms with Crippen molar-refractivity contribution in [2.24, 2.45) is 0 Å². The van der Waals surface area contributed by atoms with Crippen molar-refractivity contribution in [2.75, 3.05) is 19.5 Å². The van der Waals surface area contributed by atoms with E-state index in [1.807, 2.05) is 13.8 Å². The fraction of sp³-hybridized carbons (Fsp3) is 0.231. The predicted octanol–water partition coefficient (Wildman–Crippen LogP) is 4.88. The third-order valence-corrected chi connectivity index (χ3v) is 5.55. The van der Waals surface area contributed by atoms with Gasteiger partial charge in [0.25, 0.3) is 17.3 Å². The van der Waals surface area contributed by atoms with Crippen LogP contribution in [0.2, 0.25) is 0 Å². The van der Waals surface area contributed by atoms with Crippen LogP contribution in [0.15, 0.2) is 53.6 Å². The minimum absolute atomic E-state index is 0.0374. The van der Waals surface area contributed by atoms with Gasteiger partial charge < -0.3 is 24.1 Å². The average Bonchev–Trinajstić information content (AvgIpc) is 2.84. The number of pyridine rings is 3. The number of hydrogen-bond acceptors (Lipinski definition) is 7. The standard InChI is InChI=1S/C26H25FN4O5/c1-14(2)31-11-9-15(3)22(26(31)33)24(32)29-18-7-6-16(12-17(18)27)36-20-8-10-28-19-13-21(34-4)25(35-5)30-23(19)20/h6-14H,1-5H3,(H,29,32). The van der Waals surface area contributed by atoms with Gasteiger partial charge in [-0.1, -0.05) is 0 Å². The number of benzene rings is 1. The second-order valence-electron chi connectivity index (χ2n) is 8.25. The number of rotatable bonds is 7. The van der Waals surface area contributed by atoms with E-state index in [0.717, 1.165) is 6.07 Å². The molecule has 0 bridgehead atoms. The highest BCUT2D eigenvalue weighted by Crippen LogP contribution is 2.34. The third kappa shape index (κ3) is 4.70. The van der Waals surface area contributed by atoms with E-state index in [0.29, 0.717) is 28.1 Å². The molecule has 1 aromatic carbocycles. The van der Waals surface area contributed by atoms with Gasteiger partial charge in [-0.3, -0.25) is 14.6 Å². The maximum atomic E-state index is 14.9. The van der Waals surface area contributed by atoms with Crippen molar-refractivity contribution < 1.29 is 23.4 Å². The molecule has 36 heavy (non-hydrogen) atoms. The van der Waals surface area contributed by atoms with E-state index in [9.17, 15) is 14.0 Å². The Morgan fingerprint density at radius 2 is 1.86 bits per heavy atom. The number of methoxy groups -OCH3 is 2. The molecular formula is C26H25FN4O5. The molecule has 0 aliphatic carbocycles. The van der Waals surface area contributed by atoms with Gasteiger partial charge in [0.05, 0.1) is 25.4 Å². The zero-order valence-electron chi connectivity index (χ0n) is 20.5. The zero-order valence-corrected chi connectivity index (χ0v) is 20.5. The number of hydrogen-bond donors (Lipinski definition) is 1. The van der Waals surface area contributed by atoms with E-state index in [1.165, 1.54) is 37.1 Å². The molecule has 0 fully saturated rings. The van der Waals surface area contributed by atoms with Gasteiger partial charge in [0, 0.05) is 36.6 Å². The number of ether oxygens (including phenoxy) is 3. The summed E-state index contributed by atoms with van der Waals surface area (Å²) in [5.74, 6) is -0.261. The molecule has 1 amide bonds. The monoisotopic (exact) mass is 492 g/mol. The molecular weight excluding hydrogens is 467 g/mol. The maximum Gasteiger partial charge on any atom is 0.263 e. The number of amides is 1. The average molecular weight is 493 g/mol. The fourth-order valence-electron chi connectivity index (χ4n) is 3.68. The molecule has 1 N–H and O–H groups in total. The highest BCUT2D eigenvalue weighted by molar-refractivity contribution is 6.05. The van der Waals surface area contributed by atoms with Crippen LogP contribution in [0.5, 0.6) is 23.1 Å². The Labute approximate surface area is 206 Å². The molecule has 0 spiro atoms. The Hall–Kier alpha value is -4.47. The van der Waals surface area contributed by atoms with Crippen LogP contribution in [0.3, 0.4) is 0 Å². The summed E-state index contributed by atoms with van der Waals surface area (Å²) < 4.78 is 32.7. The molecule has 3 aromatic heterocycles. The van der Waals surface area contributed by atoms with Crippen molar-refractivity contribution in [3.8, 4) is 23.1 Å². The van der Waals surface area contributed by atoms with Crippen LogP contribution in [0.25, 0.3) is 11.0 Å². The Morgan fingerprint density at radius 1 is 1.08 bits per heavy atom. The van der Waals surface area contributed by atoms with Crippen molar-refractivity contribution in [2.45, 2.75) is 26.8 Å². The molecule has 0 radical (unpaired) electrons. The Kier molecular flexibility index (Phi) is 6.86. The SMILES string of the molecule is COc1cc2nccc(Oc3ccc(NC(=O)c4c(C)ccn(C(C)C)c4=O)c(F)c3)c2nc1OC. The van der Waals surface area contributed by atoms with Gasteiger partial charge in [0.1, 0.15) is 22.6 Å². The first-order valence-corrected chi connectivity index (χ1v) is 11.1. The second kappa shape index (κ2) is 10.0. The first-order valence-electron chi connectivity index (χ1n) is 11.1. The number of aromatic nitrogens is 3. The number of carbonyl (C=O) groups is 1. The first kappa shape index (κ1) is 24.6. The van der Waals surface area contributed by atoms with Crippen LogP contribution in [0, 0.1) is 12.7 Å². The number of nitrogens with one attached hydrogen (secondary N) is 1. The molecule has 4 rings (SSSR count). The summed E-state index contributed by atoms with van der Waals surface area (Å²) in [6, 6.07) is 8.79. The summed E-state index contributed by atoms with van der Waals surface area (Å²) in [5.41, 5.74) is 0.833. The molecule has 0 unspecified atom stereocenters. The minimum Gasteiger partial charge on any atom is -0.491 e. The Morgan fingerprint density at radius 3 is 2.53 bits per heavy atom. The van der Waals surface area contributed by atoms with Crippen molar-refractivity contribution in [1.82, 2.24) is 14.5 Å². The summed E-state index contributed by atoms with van der Waals surface area (Å²) in [6.45, 7) is 5.34. The molecule has 0 aliphatic rings. The number of fused-ring (bicyclic) bond motifs is 1. The predicted molar refractivity (Wildman–Crippen MR) is 133 cm³/mol. The fourth-order valence-corrected chi connectivity index (χ4v) is 3.68. The van der Waals surface area contributed by atoms with E-state index >= 15 is 0 Å². The number of halogens is 1. The van der Waals surface area contributed by atoms with Crippen LogP contribution in [-0.4, -0.2) is 34.7 Å². The molecule has 10 heteroatoms. The largest absolute Gasteiger partial charge is 0.491 e. The lowest BCUT2D eigenvalue weighted by atomic mass is 10.1. The lowest BCUT2D eigenvalue weighted by molar-refractivity contribution is 0.102. The maximum absolute atomic E-state index is 14.9. The van der Waals surface area contributed by atoms with Gasteiger partial charge in [-0.15, -0.1) is 0 Å². The van der Waals surface area contributed by atoms with Gasteiger partial charge in [-0.2, -0.15) is 0 Å². The molecule has 0 atom stereocenters. The quantitative estimate of drug-likeness (QED) is 0.392. The number of nitrogens with zero attached hydrogens (tertiary/aromatic N) is 3. The van der Waals surface area contributed by atoms with Crippen LogP contribution < -0.4 is 25.1 Å². The number of anilines is 1. The number of carbonyl (C=O) groups excluding carboxylic acids is 1. The third-order valence-electron chi connectivity index (χ3n) is 5.55. The van der Waals surface area contributed by atoms with Crippen LogP contribution in [0.4, 0.5) is 10.1 Å². The van der Waals surface area contributed by atoms with Crippen LogP contribution >= 0.6 is 0 Å². The van der Waals surface area contributed by atoms with Crippen molar-refractivity contribution >= 4 is 22.6 Å². The van der Waals surface area contributed by atoms with Gasteiger partial charge in [0.2, 0.25) is 0 Å². The normalized spacial score (nSPS) is 11.0. The van der Waals surface area contributed by atoms with E-state index in [2.05, 4.69) is 15.3 Å². The van der Waals surface area contributed by atoms with E-state index in [1.54, 1.807) is 31.3 Å². The van der Waals surface area contributed by atoms with Crippen molar-refractivity contribution in [3.63, 3.8) is 0 Å². The molecule has 3 heterocycles. The van der Waals surface area contributed by atoms with Gasteiger partial charge >= 0.3 is 0 Å². The summed E-state index contributed by atoms with van der Waals surface area (Å²) in [4.78, 5) is 34.3. The molecule has 4 aromatic rings. The Bertz CT molecular complexity index is 1520. The second-order valence-corrected chi connectivity index (χ2v) is 8.25. The van der Waals surface area contributed by atoms with Crippen LogP contribution in [0.1, 0.15) is 35.8 Å². The topological polar surface area (TPSA) is 105 Å². The lowest BCUT2D eigenvalue weighted by Gasteiger charge is -2.14. The lowest BCUT2D eigenvalue weighted by Crippen LogP contribution is -2.31. The Balaban J connectivity index is 1.61. The summed E-state index contributed by atoms with van der Waals surface area (Å²) in [6.07, 6.45) is 3.16. The zero-order chi connectivity index (χ0) is 26.0. The minimum atomic E-state index is -0.732. The van der Waals surface area contributed by atoms with Gasteiger partial charge in [0.15, 0.2) is 11.5 Å². The number of aryl methyl sites for hydroxylation is 1. The van der Waals surface area contributed by atoms with Crippen molar-refractivity contribution in [1.29, 1.82) is 0 Å². The molecule has 0 aliphatic heterocycles. The summed E-state index contributed by atoms with van der Waals surface area (Å²) in [7, 11) is 2.96. The van der Waals surface area contributed by atoms with Gasteiger partial charge in [-0.25, -0.2) is 9.37 Å². The van der Waals surface area contributed by atoms with Crippen molar-refractivity contribution in [3.05, 3.63) is 76.1 Å². The smallest absolute Gasteiger partial charge is 0.263 e.